The highest BCUT2D eigenvalue weighted by Crippen LogP contribution is 2.15. The Hall–Kier alpha value is -1.01. The Morgan fingerprint density at radius 3 is 3.00 bits per heavy atom. The van der Waals surface area contributed by atoms with E-state index in [-0.39, 0.29) is 0 Å². The molecule has 1 N–H and O–H groups in total. The van der Waals surface area contributed by atoms with Gasteiger partial charge in [0.25, 0.3) is 0 Å². The summed E-state index contributed by atoms with van der Waals surface area (Å²) in [6, 6.07) is 0. The maximum atomic E-state index is 4.24. The van der Waals surface area contributed by atoms with E-state index >= 15 is 0 Å². The highest BCUT2D eigenvalue weighted by molar-refractivity contribution is 7.11. The number of aromatic nitrogens is 3. The number of aryl methyl sites for hydroxylation is 1. The Balaban J connectivity index is 1.93. The monoisotopic (exact) mass is 212 g/mol. The Bertz CT molecular complexity index is 368. The van der Waals surface area contributed by atoms with E-state index in [1.807, 2.05) is 6.20 Å². The molecule has 0 aliphatic carbocycles. The van der Waals surface area contributed by atoms with Crippen molar-refractivity contribution < 1.29 is 0 Å². The van der Waals surface area contributed by atoms with Gasteiger partial charge in [-0.2, -0.15) is 0 Å². The third-order valence-corrected chi connectivity index (χ3v) is 2.98. The van der Waals surface area contributed by atoms with Crippen LogP contribution in [0.25, 0.3) is 0 Å². The summed E-state index contributed by atoms with van der Waals surface area (Å²) in [7, 11) is 0. The molecular weight excluding hydrogens is 204 g/mol. The highest BCUT2D eigenvalue weighted by Gasteiger charge is 1.99. The van der Waals surface area contributed by atoms with Gasteiger partial charge in [-0.25, -0.2) is 4.98 Å². The summed E-state index contributed by atoms with van der Waals surface area (Å²) >= 11 is 3.05. The zero-order valence-electron chi connectivity index (χ0n) is 7.02. The van der Waals surface area contributed by atoms with Crippen molar-refractivity contribution in [3.63, 3.8) is 0 Å². The number of rotatable bonds is 3. The minimum absolute atomic E-state index is 0.752. The summed E-state index contributed by atoms with van der Waals surface area (Å²) in [5.74, 6) is 0. The van der Waals surface area contributed by atoms with Crippen LogP contribution in [0.15, 0.2) is 12.4 Å². The molecule has 0 fully saturated rings. The molecule has 2 aromatic heterocycles. The topological polar surface area (TPSA) is 50.7 Å². The van der Waals surface area contributed by atoms with Crippen LogP contribution in [-0.4, -0.2) is 14.6 Å². The second-order valence-electron chi connectivity index (χ2n) is 2.50. The van der Waals surface area contributed by atoms with E-state index in [0.29, 0.717) is 0 Å². The fraction of sp³-hybridized carbons (Fsp3) is 0.286. The molecule has 0 atom stereocenters. The summed E-state index contributed by atoms with van der Waals surface area (Å²) in [5, 5.41) is 8.99. The van der Waals surface area contributed by atoms with Crippen LogP contribution in [0.1, 0.15) is 9.88 Å². The molecule has 6 heteroatoms. The second kappa shape index (κ2) is 3.80. The molecule has 0 aliphatic heterocycles. The van der Waals surface area contributed by atoms with Gasteiger partial charge in [0.1, 0.15) is 10.0 Å². The lowest BCUT2D eigenvalue weighted by molar-refractivity contribution is 1.10. The molecule has 2 aromatic rings. The molecule has 0 unspecified atom stereocenters. The summed E-state index contributed by atoms with van der Waals surface area (Å²) in [5.41, 5.74) is 0. The normalized spacial score (nSPS) is 10.2. The standard InChI is InChI=1S/C7H8N4S2/c1-5-2-8-6(12-5)3-9-7-4-10-11-13-7/h2,4,9H,3H2,1H3. The lowest BCUT2D eigenvalue weighted by Crippen LogP contribution is -1.96. The van der Waals surface area contributed by atoms with Crippen LogP contribution < -0.4 is 5.32 Å². The minimum atomic E-state index is 0.752. The van der Waals surface area contributed by atoms with Gasteiger partial charge >= 0.3 is 0 Å². The van der Waals surface area contributed by atoms with E-state index in [2.05, 4.69) is 26.8 Å². The Kier molecular flexibility index (Phi) is 2.51. The van der Waals surface area contributed by atoms with E-state index in [9.17, 15) is 0 Å². The molecule has 0 aliphatic rings. The van der Waals surface area contributed by atoms with Gasteiger partial charge in [0.15, 0.2) is 0 Å². The van der Waals surface area contributed by atoms with Gasteiger partial charge < -0.3 is 5.32 Å². The first kappa shape index (κ1) is 8.58. The largest absolute Gasteiger partial charge is 0.368 e. The van der Waals surface area contributed by atoms with Crippen LogP contribution in [0, 0.1) is 6.92 Å². The van der Waals surface area contributed by atoms with Gasteiger partial charge in [-0.05, 0) is 6.92 Å². The summed E-state index contributed by atoms with van der Waals surface area (Å²) in [4.78, 5) is 5.47. The number of nitrogens with zero attached hydrogens (tertiary/aromatic N) is 3. The van der Waals surface area contributed by atoms with Gasteiger partial charge in [-0.1, -0.05) is 4.49 Å². The SMILES string of the molecule is Cc1cnc(CNc2cnns2)s1. The van der Waals surface area contributed by atoms with E-state index in [4.69, 9.17) is 0 Å². The fourth-order valence-electron chi connectivity index (χ4n) is 0.891. The van der Waals surface area contributed by atoms with Crippen LogP contribution >= 0.6 is 22.9 Å². The average Bonchev–Trinajstić information content (AvgIpc) is 2.71. The van der Waals surface area contributed by atoms with Crippen LogP contribution in [-0.2, 0) is 6.54 Å². The zero-order valence-corrected chi connectivity index (χ0v) is 8.65. The molecule has 0 spiro atoms. The quantitative estimate of drug-likeness (QED) is 0.844. The molecule has 13 heavy (non-hydrogen) atoms. The Labute approximate surface area is 83.8 Å². The third-order valence-electron chi connectivity index (χ3n) is 1.44. The lowest BCUT2D eigenvalue weighted by atomic mass is 10.6. The Morgan fingerprint density at radius 1 is 1.46 bits per heavy atom. The third kappa shape index (κ3) is 2.22. The van der Waals surface area contributed by atoms with E-state index in [1.165, 1.54) is 16.4 Å². The molecule has 0 radical (unpaired) electrons. The van der Waals surface area contributed by atoms with Gasteiger partial charge in [-0.15, -0.1) is 16.4 Å². The zero-order chi connectivity index (χ0) is 9.10. The van der Waals surface area contributed by atoms with E-state index in [0.717, 1.165) is 16.6 Å². The van der Waals surface area contributed by atoms with Crippen molar-refractivity contribution in [2.75, 3.05) is 5.32 Å². The van der Waals surface area contributed by atoms with Crippen molar-refractivity contribution in [3.8, 4) is 0 Å². The predicted molar refractivity (Wildman–Crippen MR) is 54.1 cm³/mol. The van der Waals surface area contributed by atoms with Crippen molar-refractivity contribution in [2.24, 2.45) is 0 Å². The number of nitrogens with one attached hydrogen (secondary N) is 1. The maximum absolute atomic E-state index is 4.24. The first-order valence-electron chi connectivity index (χ1n) is 3.77. The van der Waals surface area contributed by atoms with Gasteiger partial charge in [0.05, 0.1) is 12.7 Å². The van der Waals surface area contributed by atoms with Crippen molar-refractivity contribution in [3.05, 3.63) is 22.3 Å². The Morgan fingerprint density at radius 2 is 2.38 bits per heavy atom. The number of thiazole rings is 1. The summed E-state index contributed by atoms with van der Waals surface area (Å²) < 4.78 is 3.75. The molecule has 0 saturated carbocycles. The van der Waals surface area contributed by atoms with Crippen LogP contribution in [0.2, 0.25) is 0 Å². The van der Waals surface area contributed by atoms with Crippen molar-refractivity contribution >= 4 is 27.9 Å². The smallest absolute Gasteiger partial charge is 0.130 e. The number of anilines is 1. The van der Waals surface area contributed by atoms with Crippen molar-refractivity contribution in [1.82, 2.24) is 14.6 Å². The average molecular weight is 212 g/mol. The van der Waals surface area contributed by atoms with Crippen LogP contribution in [0.4, 0.5) is 5.00 Å². The molecule has 4 nitrogen and oxygen atoms in total. The summed E-state index contributed by atoms with van der Waals surface area (Å²) in [6.07, 6.45) is 3.59. The minimum Gasteiger partial charge on any atom is -0.368 e. The fourth-order valence-corrected chi connectivity index (χ4v) is 2.03. The van der Waals surface area contributed by atoms with Crippen LogP contribution in [0.3, 0.4) is 0 Å². The molecule has 0 saturated heterocycles. The van der Waals surface area contributed by atoms with Gasteiger partial charge in [0, 0.05) is 22.6 Å². The lowest BCUT2D eigenvalue weighted by Gasteiger charge is -1.96. The van der Waals surface area contributed by atoms with E-state index in [1.54, 1.807) is 17.5 Å². The maximum Gasteiger partial charge on any atom is 0.130 e. The first-order chi connectivity index (χ1) is 6.34. The molecule has 68 valence electrons. The van der Waals surface area contributed by atoms with Gasteiger partial charge in [0.2, 0.25) is 0 Å². The molecular formula is C7H8N4S2. The molecule has 2 heterocycles. The van der Waals surface area contributed by atoms with Crippen LogP contribution in [0.5, 0.6) is 0 Å². The van der Waals surface area contributed by atoms with Gasteiger partial charge in [-0.3, -0.25) is 0 Å². The number of hydrogen-bond donors (Lipinski definition) is 1. The number of hydrogen-bond acceptors (Lipinski definition) is 6. The van der Waals surface area contributed by atoms with E-state index < -0.39 is 0 Å². The molecule has 0 amide bonds. The summed E-state index contributed by atoms with van der Waals surface area (Å²) in [6.45, 7) is 2.80. The second-order valence-corrected chi connectivity index (χ2v) is 4.60. The molecule has 0 aromatic carbocycles. The first-order valence-corrected chi connectivity index (χ1v) is 5.36. The predicted octanol–water partition coefficient (Wildman–Crippen LogP) is 1.92. The van der Waals surface area contributed by atoms with Crippen molar-refractivity contribution in [1.29, 1.82) is 0 Å². The molecule has 0 bridgehead atoms. The molecule has 2 rings (SSSR count). The van der Waals surface area contributed by atoms with Crippen molar-refractivity contribution in [2.45, 2.75) is 13.5 Å². The highest BCUT2D eigenvalue weighted by atomic mass is 32.1.